The highest BCUT2D eigenvalue weighted by Gasteiger charge is 2.23. The predicted octanol–water partition coefficient (Wildman–Crippen LogP) is 1.78. The minimum absolute atomic E-state index is 0.168. The molecule has 0 saturated heterocycles. The first-order valence-corrected chi connectivity index (χ1v) is 7.98. The molecule has 0 radical (unpaired) electrons. The summed E-state index contributed by atoms with van der Waals surface area (Å²) in [7, 11) is -3.47. The molecule has 0 saturated carbocycles. The molecule has 1 rings (SSSR count). The summed E-state index contributed by atoms with van der Waals surface area (Å²) in [4.78, 5) is 0.168. The van der Waals surface area contributed by atoms with Gasteiger partial charge in [0, 0.05) is 6.54 Å². The van der Waals surface area contributed by atoms with Crippen LogP contribution in [0.15, 0.2) is 9.42 Å². The van der Waals surface area contributed by atoms with Crippen LogP contribution < -0.4 is 4.72 Å². The molecule has 1 heterocycles. The van der Waals surface area contributed by atoms with E-state index in [1.807, 2.05) is 0 Å². The number of alkyl halides is 1. The van der Waals surface area contributed by atoms with Crippen LogP contribution in [0.4, 0.5) is 0 Å². The van der Waals surface area contributed by atoms with Crippen molar-refractivity contribution in [2.75, 3.05) is 11.0 Å². The summed E-state index contributed by atoms with van der Waals surface area (Å²) in [5.74, 6) is 0.332. The summed E-state index contributed by atoms with van der Waals surface area (Å²) in [5.41, 5.74) is 0.402. The first kappa shape index (κ1) is 13.9. The molecule has 1 N–H and O–H groups in total. The molecular formula is C9H15IN2O3S. The molecule has 1 aromatic rings. The molecule has 16 heavy (non-hydrogen) atoms. The SMILES string of the molecule is Cc1noc(C)c1S(=O)(=O)NCCCCI. The molecule has 92 valence electrons. The van der Waals surface area contributed by atoms with Crippen molar-refractivity contribution in [1.82, 2.24) is 9.88 Å². The number of aryl methyl sites for hydroxylation is 2. The molecule has 5 nitrogen and oxygen atoms in total. The molecule has 0 amide bonds. The molecule has 0 aliphatic carbocycles. The molecule has 7 heteroatoms. The maximum Gasteiger partial charge on any atom is 0.245 e. The van der Waals surface area contributed by atoms with Crippen LogP contribution in [0.2, 0.25) is 0 Å². The number of hydrogen-bond acceptors (Lipinski definition) is 4. The van der Waals surface area contributed by atoms with E-state index in [0.717, 1.165) is 17.3 Å². The lowest BCUT2D eigenvalue weighted by Crippen LogP contribution is -2.25. The number of sulfonamides is 1. The zero-order valence-corrected chi connectivity index (χ0v) is 12.3. The van der Waals surface area contributed by atoms with E-state index in [0.29, 0.717) is 18.0 Å². The van der Waals surface area contributed by atoms with Gasteiger partial charge in [0.25, 0.3) is 0 Å². The van der Waals surface area contributed by atoms with Crippen LogP contribution in [0.3, 0.4) is 0 Å². The zero-order chi connectivity index (χ0) is 12.2. The molecule has 0 unspecified atom stereocenters. The lowest BCUT2D eigenvalue weighted by atomic mass is 10.3. The Bertz CT molecular complexity index is 422. The normalized spacial score (nSPS) is 11.9. The van der Waals surface area contributed by atoms with Crippen molar-refractivity contribution >= 4 is 32.6 Å². The lowest BCUT2D eigenvalue weighted by molar-refractivity contribution is 0.390. The number of rotatable bonds is 6. The fraction of sp³-hybridized carbons (Fsp3) is 0.667. The lowest BCUT2D eigenvalue weighted by Gasteiger charge is -2.05. The number of nitrogens with one attached hydrogen (secondary N) is 1. The molecule has 0 spiro atoms. The number of halogens is 1. The van der Waals surface area contributed by atoms with Gasteiger partial charge in [-0.05, 0) is 31.1 Å². The highest BCUT2D eigenvalue weighted by atomic mass is 127. The number of aromatic nitrogens is 1. The van der Waals surface area contributed by atoms with E-state index < -0.39 is 10.0 Å². The van der Waals surface area contributed by atoms with Crippen molar-refractivity contribution in [2.45, 2.75) is 31.6 Å². The molecule has 0 bridgehead atoms. The van der Waals surface area contributed by atoms with Gasteiger partial charge in [-0.25, -0.2) is 13.1 Å². The monoisotopic (exact) mass is 358 g/mol. The van der Waals surface area contributed by atoms with Crippen molar-refractivity contribution in [2.24, 2.45) is 0 Å². The quantitative estimate of drug-likeness (QED) is 0.478. The van der Waals surface area contributed by atoms with Crippen LogP contribution in [0.25, 0.3) is 0 Å². The van der Waals surface area contributed by atoms with Gasteiger partial charge in [0.1, 0.15) is 10.6 Å². The first-order chi connectivity index (χ1) is 7.49. The second-order valence-corrected chi connectivity index (χ2v) is 6.23. The van der Waals surface area contributed by atoms with Gasteiger partial charge < -0.3 is 4.52 Å². The first-order valence-electron chi connectivity index (χ1n) is 4.97. The molecular weight excluding hydrogens is 343 g/mol. The van der Waals surface area contributed by atoms with Crippen molar-refractivity contribution < 1.29 is 12.9 Å². The van der Waals surface area contributed by atoms with E-state index in [9.17, 15) is 8.42 Å². The Labute approximate surface area is 109 Å². The summed E-state index contributed by atoms with van der Waals surface area (Å²) in [6, 6.07) is 0. The highest BCUT2D eigenvalue weighted by Crippen LogP contribution is 2.18. The summed E-state index contributed by atoms with van der Waals surface area (Å²) >= 11 is 2.27. The Morgan fingerprint density at radius 3 is 2.56 bits per heavy atom. The minimum atomic E-state index is -3.47. The van der Waals surface area contributed by atoms with Crippen molar-refractivity contribution in [3.05, 3.63) is 11.5 Å². The predicted molar refractivity (Wildman–Crippen MR) is 69.3 cm³/mol. The molecule has 1 aromatic heterocycles. The zero-order valence-electron chi connectivity index (χ0n) is 9.29. The third-order valence-electron chi connectivity index (χ3n) is 2.09. The van der Waals surface area contributed by atoms with Crippen molar-refractivity contribution in [1.29, 1.82) is 0 Å². The van der Waals surface area contributed by atoms with Crippen molar-refractivity contribution in [3.8, 4) is 0 Å². The summed E-state index contributed by atoms with van der Waals surface area (Å²) in [5, 5.41) is 3.63. The largest absolute Gasteiger partial charge is 0.360 e. The highest BCUT2D eigenvalue weighted by molar-refractivity contribution is 14.1. The van der Waals surface area contributed by atoms with E-state index in [-0.39, 0.29) is 4.90 Å². The smallest absolute Gasteiger partial charge is 0.245 e. The van der Waals surface area contributed by atoms with E-state index in [2.05, 4.69) is 32.5 Å². The van der Waals surface area contributed by atoms with Crippen LogP contribution in [0.1, 0.15) is 24.3 Å². The molecule has 0 fully saturated rings. The van der Waals surface area contributed by atoms with Crippen LogP contribution in [-0.2, 0) is 10.0 Å². The van der Waals surface area contributed by atoms with Gasteiger partial charge >= 0.3 is 0 Å². The Morgan fingerprint density at radius 1 is 1.38 bits per heavy atom. The second kappa shape index (κ2) is 5.97. The van der Waals surface area contributed by atoms with Crippen LogP contribution >= 0.6 is 22.6 Å². The maximum absolute atomic E-state index is 11.9. The van der Waals surface area contributed by atoms with Crippen LogP contribution in [-0.4, -0.2) is 24.5 Å². The van der Waals surface area contributed by atoms with Gasteiger partial charge in [-0.3, -0.25) is 0 Å². The van der Waals surface area contributed by atoms with Crippen LogP contribution in [0.5, 0.6) is 0 Å². The molecule has 0 aliphatic rings. The maximum atomic E-state index is 11.9. The molecule has 0 aromatic carbocycles. The number of nitrogens with zero attached hydrogens (tertiary/aromatic N) is 1. The summed E-state index contributed by atoms with van der Waals surface area (Å²) in [6.45, 7) is 3.67. The third-order valence-corrected chi connectivity index (χ3v) is 4.56. The standard InChI is InChI=1S/C9H15IN2O3S/c1-7-9(8(2)15-12-7)16(13,14)11-6-4-3-5-10/h11H,3-6H2,1-2H3. The second-order valence-electron chi connectivity index (χ2n) is 3.45. The average molecular weight is 358 g/mol. The average Bonchev–Trinajstić information content (AvgIpc) is 2.54. The van der Waals surface area contributed by atoms with E-state index in [4.69, 9.17) is 4.52 Å². The fourth-order valence-corrected chi connectivity index (χ4v) is 3.30. The Hall–Kier alpha value is -0.150. The van der Waals surface area contributed by atoms with Gasteiger partial charge in [-0.15, -0.1) is 0 Å². The summed E-state index contributed by atoms with van der Waals surface area (Å²) < 4.78 is 32.2. The topological polar surface area (TPSA) is 72.2 Å². The number of unbranched alkanes of at least 4 members (excludes halogenated alkanes) is 1. The minimum Gasteiger partial charge on any atom is -0.360 e. The van der Waals surface area contributed by atoms with E-state index in [1.165, 1.54) is 0 Å². The van der Waals surface area contributed by atoms with E-state index in [1.54, 1.807) is 13.8 Å². The van der Waals surface area contributed by atoms with Crippen molar-refractivity contribution in [3.63, 3.8) is 0 Å². The molecule has 0 aliphatic heterocycles. The van der Waals surface area contributed by atoms with Gasteiger partial charge in [0.15, 0.2) is 5.76 Å². The Balaban J connectivity index is 2.71. The fourth-order valence-electron chi connectivity index (χ4n) is 1.36. The summed E-state index contributed by atoms with van der Waals surface area (Å²) in [6.07, 6.45) is 1.84. The van der Waals surface area contributed by atoms with E-state index >= 15 is 0 Å². The Kier molecular flexibility index (Phi) is 5.19. The van der Waals surface area contributed by atoms with Crippen LogP contribution in [0, 0.1) is 13.8 Å². The number of hydrogen-bond donors (Lipinski definition) is 1. The third kappa shape index (κ3) is 3.42. The van der Waals surface area contributed by atoms with Gasteiger partial charge in [0.05, 0.1) is 0 Å². The Morgan fingerprint density at radius 2 is 2.06 bits per heavy atom. The van der Waals surface area contributed by atoms with Gasteiger partial charge in [-0.2, -0.15) is 0 Å². The molecule has 0 atom stereocenters. The van der Waals surface area contributed by atoms with Gasteiger partial charge in [0.2, 0.25) is 10.0 Å². The van der Waals surface area contributed by atoms with Gasteiger partial charge in [-0.1, -0.05) is 27.7 Å².